The van der Waals surface area contributed by atoms with E-state index in [4.69, 9.17) is 9.47 Å². The molecule has 0 aliphatic carbocycles. The molecule has 0 unspecified atom stereocenters. The van der Waals surface area contributed by atoms with E-state index in [2.05, 4.69) is 5.32 Å². The number of hydrogen-bond acceptors (Lipinski definition) is 6. The quantitative estimate of drug-likeness (QED) is 0.349. The molecule has 1 heterocycles. The van der Waals surface area contributed by atoms with E-state index in [-0.39, 0.29) is 35.1 Å². The molecule has 2 aromatic carbocycles. The van der Waals surface area contributed by atoms with E-state index in [1.54, 1.807) is 0 Å². The number of benzene rings is 2. The molecule has 1 aliphatic heterocycles. The zero-order valence-corrected chi connectivity index (χ0v) is 14.2. The Kier molecular flexibility index (Phi) is 5.02. The lowest BCUT2D eigenvalue weighted by Crippen LogP contribution is -2.22. The summed E-state index contributed by atoms with van der Waals surface area (Å²) in [5, 5.41) is 15.8. The number of nitro benzene ring substituents is 1. The fourth-order valence-electron chi connectivity index (χ4n) is 2.48. The van der Waals surface area contributed by atoms with Crippen LogP contribution in [0.25, 0.3) is 6.08 Å². The normalized spacial score (nSPS) is 14.6. The van der Waals surface area contributed by atoms with Gasteiger partial charge in [-0.1, -0.05) is 30.3 Å². The first-order valence-electron chi connectivity index (χ1n) is 7.85. The fraction of sp³-hybridized carbons (Fsp3) is 0.111. The highest BCUT2D eigenvalue weighted by molar-refractivity contribution is 6.14. The predicted octanol–water partition coefficient (Wildman–Crippen LogP) is 2.36. The van der Waals surface area contributed by atoms with Gasteiger partial charge in [0.1, 0.15) is 12.3 Å². The lowest BCUT2D eigenvalue weighted by molar-refractivity contribution is -0.385. The lowest BCUT2D eigenvalue weighted by Gasteiger charge is -2.12. The topological polar surface area (TPSA) is 120 Å². The number of carbonyl (C=O) groups is 2. The van der Waals surface area contributed by atoms with Gasteiger partial charge in [-0.2, -0.15) is 0 Å². The van der Waals surface area contributed by atoms with Crippen LogP contribution in [0.3, 0.4) is 0 Å². The summed E-state index contributed by atoms with van der Waals surface area (Å²) in [6.45, 7) is 0.202. The van der Waals surface area contributed by atoms with E-state index in [0.717, 1.165) is 5.56 Å². The Morgan fingerprint density at radius 2 is 1.85 bits per heavy atom. The van der Waals surface area contributed by atoms with Crippen LogP contribution < -0.4 is 20.1 Å². The first-order valence-corrected chi connectivity index (χ1v) is 7.85. The molecule has 27 heavy (non-hydrogen) atoms. The molecule has 1 fully saturated rings. The van der Waals surface area contributed by atoms with Crippen molar-refractivity contribution in [3.63, 3.8) is 0 Å². The third-order valence-corrected chi connectivity index (χ3v) is 3.77. The highest BCUT2D eigenvalue weighted by atomic mass is 16.6. The average molecular weight is 369 g/mol. The SMILES string of the molecule is COc1cc(/C=C2/NC(=O)NC2=O)c([N+](=O)[O-])cc1OCc1ccccc1. The van der Waals surface area contributed by atoms with Gasteiger partial charge in [0, 0.05) is 0 Å². The molecule has 9 nitrogen and oxygen atoms in total. The third-order valence-electron chi connectivity index (χ3n) is 3.77. The van der Waals surface area contributed by atoms with Gasteiger partial charge in [0.25, 0.3) is 11.6 Å². The standard InChI is InChI=1S/C18H15N3O6/c1-26-15-8-12(7-13-17(22)20-18(23)19-13)14(21(24)25)9-16(15)27-10-11-5-3-2-4-6-11/h2-9H,10H2,1H3,(H2,19,20,22,23)/b13-7+. The third kappa shape index (κ3) is 4.03. The van der Waals surface area contributed by atoms with Crippen LogP contribution in [0.5, 0.6) is 11.5 Å². The maximum absolute atomic E-state index is 11.7. The molecular weight excluding hydrogens is 354 g/mol. The number of rotatable bonds is 6. The minimum absolute atomic E-state index is 0.0938. The Morgan fingerprint density at radius 1 is 1.11 bits per heavy atom. The summed E-state index contributed by atoms with van der Waals surface area (Å²) in [7, 11) is 1.40. The number of urea groups is 1. The Labute approximate surface area is 153 Å². The van der Waals surface area contributed by atoms with E-state index in [1.165, 1.54) is 25.3 Å². The van der Waals surface area contributed by atoms with Crippen molar-refractivity contribution in [2.75, 3.05) is 7.11 Å². The summed E-state index contributed by atoms with van der Waals surface area (Å²) in [6, 6.07) is 11.2. The van der Waals surface area contributed by atoms with Crippen molar-refractivity contribution in [1.29, 1.82) is 0 Å². The molecule has 2 N–H and O–H groups in total. The van der Waals surface area contributed by atoms with Crippen LogP contribution in [-0.4, -0.2) is 24.0 Å². The zero-order chi connectivity index (χ0) is 19.4. The molecule has 0 atom stereocenters. The van der Waals surface area contributed by atoms with Gasteiger partial charge >= 0.3 is 6.03 Å². The van der Waals surface area contributed by atoms with Crippen molar-refractivity contribution < 1.29 is 24.0 Å². The maximum atomic E-state index is 11.7. The number of hydrogen-bond donors (Lipinski definition) is 2. The lowest BCUT2D eigenvalue weighted by atomic mass is 10.1. The summed E-state index contributed by atoms with van der Waals surface area (Å²) < 4.78 is 10.9. The summed E-state index contributed by atoms with van der Waals surface area (Å²) >= 11 is 0. The average Bonchev–Trinajstić information content (AvgIpc) is 2.97. The van der Waals surface area contributed by atoms with E-state index in [1.807, 2.05) is 35.6 Å². The molecule has 1 saturated heterocycles. The van der Waals surface area contributed by atoms with E-state index >= 15 is 0 Å². The monoisotopic (exact) mass is 369 g/mol. The van der Waals surface area contributed by atoms with Crippen LogP contribution in [0.15, 0.2) is 48.2 Å². The summed E-state index contributed by atoms with van der Waals surface area (Å²) in [6.07, 6.45) is 1.21. The highest BCUT2D eigenvalue weighted by Crippen LogP contribution is 2.36. The molecule has 138 valence electrons. The Balaban J connectivity index is 1.95. The number of ether oxygens (including phenoxy) is 2. The Hall–Kier alpha value is -3.88. The molecule has 3 rings (SSSR count). The second-order valence-electron chi connectivity index (χ2n) is 5.56. The maximum Gasteiger partial charge on any atom is 0.326 e. The zero-order valence-electron chi connectivity index (χ0n) is 14.2. The van der Waals surface area contributed by atoms with Gasteiger partial charge < -0.3 is 14.8 Å². The van der Waals surface area contributed by atoms with Crippen LogP contribution in [0.2, 0.25) is 0 Å². The van der Waals surface area contributed by atoms with Crippen molar-refractivity contribution in [2.45, 2.75) is 6.61 Å². The van der Waals surface area contributed by atoms with Crippen LogP contribution in [0.4, 0.5) is 10.5 Å². The van der Waals surface area contributed by atoms with Gasteiger partial charge in [0.05, 0.1) is 23.7 Å². The second kappa shape index (κ2) is 7.56. The molecule has 2 aromatic rings. The van der Waals surface area contributed by atoms with Crippen molar-refractivity contribution >= 4 is 23.7 Å². The fourth-order valence-corrected chi connectivity index (χ4v) is 2.48. The number of carbonyl (C=O) groups excluding carboxylic acids is 2. The van der Waals surface area contributed by atoms with Crippen molar-refractivity contribution in [1.82, 2.24) is 10.6 Å². The van der Waals surface area contributed by atoms with E-state index in [9.17, 15) is 19.7 Å². The Morgan fingerprint density at radius 3 is 2.44 bits per heavy atom. The minimum Gasteiger partial charge on any atom is -0.493 e. The Bertz CT molecular complexity index is 940. The molecule has 0 aromatic heterocycles. The van der Waals surface area contributed by atoms with Crippen molar-refractivity contribution in [2.24, 2.45) is 0 Å². The number of nitro groups is 1. The number of nitrogens with zero attached hydrogens (tertiary/aromatic N) is 1. The van der Waals surface area contributed by atoms with Gasteiger partial charge in [0.15, 0.2) is 11.5 Å². The first kappa shape index (κ1) is 17.9. The van der Waals surface area contributed by atoms with Crippen LogP contribution >= 0.6 is 0 Å². The van der Waals surface area contributed by atoms with Gasteiger partial charge in [-0.3, -0.25) is 20.2 Å². The summed E-state index contributed by atoms with van der Waals surface area (Å²) in [5.74, 6) is -0.221. The van der Waals surface area contributed by atoms with Crippen molar-refractivity contribution in [3.05, 3.63) is 69.4 Å². The van der Waals surface area contributed by atoms with E-state index < -0.39 is 16.9 Å². The van der Waals surface area contributed by atoms with Crippen LogP contribution in [-0.2, 0) is 11.4 Å². The minimum atomic E-state index is -0.691. The molecule has 0 spiro atoms. The number of methoxy groups -OCH3 is 1. The molecule has 0 bridgehead atoms. The number of nitrogens with one attached hydrogen (secondary N) is 2. The van der Waals surface area contributed by atoms with E-state index in [0.29, 0.717) is 0 Å². The van der Waals surface area contributed by atoms with Gasteiger partial charge in [-0.25, -0.2) is 4.79 Å². The molecule has 0 saturated carbocycles. The highest BCUT2D eigenvalue weighted by Gasteiger charge is 2.25. The van der Waals surface area contributed by atoms with Crippen molar-refractivity contribution in [3.8, 4) is 11.5 Å². The predicted molar refractivity (Wildman–Crippen MR) is 95.1 cm³/mol. The number of amides is 3. The van der Waals surface area contributed by atoms with Gasteiger partial charge in [-0.15, -0.1) is 0 Å². The summed E-state index contributed by atoms with van der Waals surface area (Å²) in [5.41, 5.74) is 0.596. The smallest absolute Gasteiger partial charge is 0.326 e. The van der Waals surface area contributed by atoms with Gasteiger partial charge in [-0.05, 0) is 17.7 Å². The molecule has 0 radical (unpaired) electrons. The largest absolute Gasteiger partial charge is 0.493 e. The first-order chi connectivity index (χ1) is 13.0. The van der Waals surface area contributed by atoms with Crippen LogP contribution in [0, 0.1) is 10.1 Å². The number of imide groups is 1. The van der Waals surface area contributed by atoms with Crippen LogP contribution in [0.1, 0.15) is 11.1 Å². The molecule has 9 heteroatoms. The van der Waals surface area contributed by atoms with Gasteiger partial charge in [0.2, 0.25) is 0 Å². The molecular formula is C18H15N3O6. The summed E-state index contributed by atoms with van der Waals surface area (Å²) in [4.78, 5) is 33.7. The second-order valence-corrected chi connectivity index (χ2v) is 5.56. The molecule has 3 amide bonds. The molecule has 1 aliphatic rings.